The molecule has 1 atom stereocenters. The highest BCUT2D eigenvalue weighted by Crippen LogP contribution is 2.23. The van der Waals surface area contributed by atoms with Crippen molar-refractivity contribution in [3.05, 3.63) is 12.2 Å². The molecule has 1 unspecified atom stereocenters. The highest BCUT2D eigenvalue weighted by molar-refractivity contribution is 14.0. The average molecular weight is 489 g/mol. The molecule has 27 heavy (non-hydrogen) atoms. The minimum Gasteiger partial charge on any atom is -0.356 e. The van der Waals surface area contributed by atoms with Gasteiger partial charge in [0.15, 0.2) is 5.96 Å². The van der Waals surface area contributed by atoms with Gasteiger partial charge in [-0.15, -0.1) is 24.0 Å². The third kappa shape index (κ3) is 6.62. The summed E-state index contributed by atoms with van der Waals surface area (Å²) < 4.78 is 0. The van der Waals surface area contributed by atoms with Crippen LogP contribution in [-0.2, 0) is 4.79 Å². The number of nitrogens with one attached hydrogen (secondary N) is 1. The Morgan fingerprint density at radius 1 is 1.15 bits per heavy atom. The summed E-state index contributed by atoms with van der Waals surface area (Å²) in [6.07, 6.45) is 12.4. The first-order valence-corrected chi connectivity index (χ1v) is 10.3. The Morgan fingerprint density at radius 3 is 2.52 bits per heavy atom. The second-order valence-corrected chi connectivity index (χ2v) is 8.13. The molecule has 6 nitrogen and oxygen atoms in total. The third-order valence-electron chi connectivity index (χ3n) is 5.96. The Kier molecular flexibility index (Phi) is 9.35. The molecular formula is C20H36IN5O. The molecule has 0 aromatic carbocycles. The molecule has 0 aromatic rings. The van der Waals surface area contributed by atoms with E-state index in [9.17, 15) is 4.79 Å². The molecule has 3 rings (SSSR count). The molecule has 2 aliphatic heterocycles. The van der Waals surface area contributed by atoms with Crippen molar-refractivity contribution < 1.29 is 4.79 Å². The second kappa shape index (κ2) is 11.2. The number of carbonyl (C=O) groups is 1. The van der Waals surface area contributed by atoms with Gasteiger partial charge in [-0.25, -0.2) is 4.99 Å². The van der Waals surface area contributed by atoms with Crippen molar-refractivity contribution in [1.82, 2.24) is 20.0 Å². The van der Waals surface area contributed by atoms with Gasteiger partial charge in [0, 0.05) is 52.9 Å². The van der Waals surface area contributed by atoms with Crippen LogP contribution in [0.15, 0.2) is 17.1 Å². The van der Waals surface area contributed by atoms with Gasteiger partial charge in [-0.3, -0.25) is 9.69 Å². The lowest BCUT2D eigenvalue weighted by atomic mass is 9.89. The monoisotopic (exact) mass is 489 g/mol. The van der Waals surface area contributed by atoms with Gasteiger partial charge in [0.2, 0.25) is 5.91 Å². The Morgan fingerprint density at radius 2 is 1.85 bits per heavy atom. The largest absolute Gasteiger partial charge is 0.356 e. The Hall–Kier alpha value is -0.830. The van der Waals surface area contributed by atoms with Crippen LogP contribution < -0.4 is 5.32 Å². The lowest BCUT2D eigenvalue weighted by Gasteiger charge is -2.28. The predicted molar refractivity (Wildman–Crippen MR) is 122 cm³/mol. The Balaban J connectivity index is 0.00000261. The van der Waals surface area contributed by atoms with Gasteiger partial charge in [0.25, 0.3) is 0 Å². The van der Waals surface area contributed by atoms with Gasteiger partial charge in [-0.2, -0.15) is 0 Å². The van der Waals surface area contributed by atoms with E-state index >= 15 is 0 Å². The number of rotatable bonds is 5. The summed E-state index contributed by atoms with van der Waals surface area (Å²) in [5.74, 6) is 1.74. The molecule has 3 aliphatic rings. The molecule has 1 N–H and O–H groups in total. The minimum atomic E-state index is 0. The molecule has 0 spiro atoms. The summed E-state index contributed by atoms with van der Waals surface area (Å²) in [5.41, 5.74) is 0. The van der Waals surface area contributed by atoms with Crippen LogP contribution >= 0.6 is 24.0 Å². The number of likely N-dealkylation sites (N-methyl/N-ethyl adjacent to an activating group) is 1. The number of hydrogen-bond donors (Lipinski definition) is 1. The van der Waals surface area contributed by atoms with Crippen LogP contribution in [0, 0.1) is 5.92 Å². The highest BCUT2D eigenvalue weighted by Gasteiger charge is 2.30. The topological polar surface area (TPSA) is 51.2 Å². The van der Waals surface area contributed by atoms with Crippen molar-refractivity contribution in [2.45, 2.75) is 44.6 Å². The first-order valence-electron chi connectivity index (χ1n) is 10.3. The zero-order valence-corrected chi connectivity index (χ0v) is 19.2. The zero-order chi connectivity index (χ0) is 18.4. The maximum absolute atomic E-state index is 12.0. The van der Waals surface area contributed by atoms with Gasteiger partial charge < -0.3 is 15.1 Å². The summed E-state index contributed by atoms with van der Waals surface area (Å²) in [7, 11) is 3.58. The van der Waals surface area contributed by atoms with Gasteiger partial charge in [0.05, 0.1) is 0 Å². The number of aliphatic imine (C=N–C) groups is 1. The molecule has 154 valence electrons. The maximum atomic E-state index is 12.0. The number of guanidine groups is 1. The van der Waals surface area contributed by atoms with Gasteiger partial charge in [0.1, 0.15) is 6.54 Å². The quantitative estimate of drug-likeness (QED) is 0.279. The minimum absolute atomic E-state index is 0. The van der Waals surface area contributed by atoms with Gasteiger partial charge in [-0.05, 0) is 25.2 Å². The van der Waals surface area contributed by atoms with Crippen LogP contribution in [0.25, 0.3) is 0 Å². The Bertz CT molecular complexity index is 522. The van der Waals surface area contributed by atoms with E-state index in [1.807, 2.05) is 0 Å². The molecule has 1 aliphatic carbocycles. The Labute approximate surface area is 181 Å². The molecule has 2 heterocycles. The third-order valence-corrected chi connectivity index (χ3v) is 5.96. The number of hydrogen-bond acceptors (Lipinski definition) is 3. The first-order chi connectivity index (χ1) is 12.6. The molecule has 2 fully saturated rings. The van der Waals surface area contributed by atoms with Crippen LogP contribution in [0.3, 0.4) is 0 Å². The highest BCUT2D eigenvalue weighted by atomic mass is 127. The van der Waals surface area contributed by atoms with Gasteiger partial charge >= 0.3 is 0 Å². The van der Waals surface area contributed by atoms with E-state index in [1.54, 1.807) is 19.0 Å². The van der Waals surface area contributed by atoms with Crippen LogP contribution in [0.2, 0.25) is 0 Å². The fourth-order valence-corrected chi connectivity index (χ4v) is 4.20. The summed E-state index contributed by atoms with van der Waals surface area (Å²) in [5, 5.41) is 3.61. The average Bonchev–Trinajstić information content (AvgIpc) is 3.33. The van der Waals surface area contributed by atoms with E-state index in [4.69, 9.17) is 0 Å². The van der Waals surface area contributed by atoms with Crippen LogP contribution in [0.4, 0.5) is 0 Å². The number of carbonyl (C=O) groups excluding carboxylic acids is 1. The summed E-state index contributed by atoms with van der Waals surface area (Å²) >= 11 is 0. The van der Waals surface area contributed by atoms with Crippen molar-refractivity contribution in [2.75, 3.05) is 53.4 Å². The van der Waals surface area contributed by atoms with Crippen molar-refractivity contribution >= 4 is 35.8 Å². The predicted octanol–water partition coefficient (Wildman–Crippen LogP) is 2.16. The zero-order valence-electron chi connectivity index (χ0n) is 16.9. The van der Waals surface area contributed by atoms with Gasteiger partial charge in [-0.1, -0.05) is 31.4 Å². The second-order valence-electron chi connectivity index (χ2n) is 8.13. The smallest absolute Gasteiger partial charge is 0.243 e. The lowest BCUT2D eigenvalue weighted by Crippen LogP contribution is -2.45. The summed E-state index contributed by atoms with van der Waals surface area (Å²) in [4.78, 5) is 23.2. The molecule has 0 radical (unpaired) electrons. The molecule has 1 saturated carbocycles. The number of nitrogens with zero attached hydrogens (tertiary/aromatic N) is 4. The molecule has 0 aromatic heterocycles. The van der Waals surface area contributed by atoms with Crippen LogP contribution in [0.5, 0.6) is 0 Å². The fourth-order valence-electron chi connectivity index (χ4n) is 4.20. The van der Waals surface area contributed by atoms with Crippen LogP contribution in [0.1, 0.15) is 38.5 Å². The standard InChI is InChI=1S/C20H35N5O.HI/c1-23(2)19(26)15-22-20(21-14-17-8-4-3-5-9-17)25-13-10-18(16-25)24-11-6-7-12-24;/h6-7,17-18H,3-5,8-16H2,1-2H3,(H,21,22);1H. The number of amides is 1. The molecule has 1 saturated heterocycles. The van der Waals surface area contributed by atoms with Crippen molar-refractivity contribution in [3.63, 3.8) is 0 Å². The maximum Gasteiger partial charge on any atom is 0.243 e. The fraction of sp³-hybridized carbons (Fsp3) is 0.800. The van der Waals surface area contributed by atoms with Crippen molar-refractivity contribution in [3.8, 4) is 0 Å². The number of likely N-dealkylation sites (tertiary alicyclic amines) is 1. The van der Waals surface area contributed by atoms with E-state index in [-0.39, 0.29) is 36.4 Å². The lowest BCUT2D eigenvalue weighted by molar-refractivity contribution is -0.127. The first kappa shape index (κ1) is 22.5. The normalized spacial score (nSPS) is 24.1. The van der Waals surface area contributed by atoms with E-state index in [0.717, 1.165) is 44.6 Å². The van der Waals surface area contributed by atoms with Crippen LogP contribution in [-0.4, -0.2) is 86.0 Å². The van der Waals surface area contributed by atoms with Crippen molar-refractivity contribution in [2.24, 2.45) is 10.9 Å². The van der Waals surface area contributed by atoms with E-state index in [2.05, 4.69) is 32.3 Å². The van der Waals surface area contributed by atoms with E-state index in [1.165, 1.54) is 38.5 Å². The van der Waals surface area contributed by atoms with E-state index < -0.39 is 0 Å². The molecule has 1 amide bonds. The van der Waals surface area contributed by atoms with Crippen molar-refractivity contribution in [1.29, 1.82) is 0 Å². The molecular weight excluding hydrogens is 453 g/mol. The molecule has 0 bridgehead atoms. The number of halogens is 1. The summed E-state index contributed by atoms with van der Waals surface area (Å²) in [6.45, 7) is 5.38. The molecule has 7 heteroatoms. The SMILES string of the molecule is CN(C)C(=O)CN=C(NCC1CCCCC1)N1CCC(N2CC=CC2)C1.I. The van der Waals surface area contributed by atoms with E-state index in [0.29, 0.717) is 6.04 Å². The summed E-state index contributed by atoms with van der Waals surface area (Å²) in [6, 6.07) is 0.594.